The molecule has 0 aliphatic carbocycles. The Bertz CT molecular complexity index is 284. The lowest BCUT2D eigenvalue weighted by Gasteiger charge is -2.18. The van der Waals surface area contributed by atoms with Gasteiger partial charge in [0.05, 0.1) is 6.61 Å². The summed E-state index contributed by atoms with van der Waals surface area (Å²) in [5.74, 6) is 0. The first-order valence-corrected chi connectivity index (χ1v) is 5.37. The smallest absolute Gasteiger partial charge is 0.0502 e. The first-order valence-electron chi connectivity index (χ1n) is 5.37. The van der Waals surface area contributed by atoms with Crippen molar-refractivity contribution in [2.45, 2.75) is 32.2 Å². The van der Waals surface area contributed by atoms with Gasteiger partial charge in [0.1, 0.15) is 0 Å². The summed E-state index contributed by atoms with van der Waals surface area (Å²) in [5.41, 5.74) is 8.45. The number of hydrogen-bond acceptors (Lipinski definition) is 2. The van der Waals surface area contributed by atoms with Crippen molar-refractivity contribution < 1.29 is 4.74 Å². The van der Waals surface area contributed by atoms with Crippen LogP contribution in [-0.4, -0.2) is 19.3 Å². The fraction of sp³-hybridized carbons (Fsp3) is 0.538. The van der Waals surface area contributed by atoms with Gasteiger partial charge in [0, 0.05) is 12.6 Å². The van der Waals surface area contributed by atoms with Crippen molar-refractivity contribution in [3.8, 4) is 0 Å². The van der Waals surface area contributed by atoms with E-state index in [-0.39, 0.29) is 5.54 Å². The van der Waals surface area contributed by atoms with Crippen LogP contribution in [0.2, 0.25) is 0 Å². The Morgan fingerprint density at radius 2 is 1.67 bits per heavy atom. The molecule has 0 aliphatic heterocycles. The summed E-state index contributed by atoms with van der Waals surface area (Å²) in [6.45, 7) is 4.87. The van der Waals surface area contributed by atoms with Crippen LogP contribution < -0.4 is 5.73 Å². The predicted molar refractivity (Wildman–Crippen MR) is 64.0 cm³/mol. The third-order valence-electron chi connectivity index (χ3n) is 2.28. The molecule has 0 spiro atoms. The molecule has 0 aromatic heterocycles. The topological polar surface area (TPSA) is 35.2 Å². The standard InChI is InChI=1S/C13H21NO/c1-13(2,14)10-12-6-4-11(5-7-12)8-9-15-3/h4-7H,8-10,14H2,1-3H3. The third-order valence-corrected chi connectivity index (χ3v) is 2.28. The summed E-state index contributed by atoms with van der Waals surface area (Å²) in [6, 6.07) is 8.61. The average molecular weight is 207 g/mol. The fourth-order valence-electron chi connectivity index (χ4n) is 1.57. The van der Waals surface area contributed by atoms with Crippen molar-refractivity contribution in [2.75, 3.05) is 13.7 Å². The van der Waals surface area contributed by atoms with Crippen LogP contribution >= 0.6 is 0 Å². The molecule has 0 heterocycles. The van der Waals surface area contributed by atoms with Gasteiger partial charge >= 0.3 is 0 Å². The van der Waals surface area contributed by atoms with E-state index in [1.165, 1.54) is 11.1 Å². The zero-order chi connectivity index (χ0) is 11.3. The van der Waals surface area contributed by atoms with E-state index < -0.39 is 0 Å². The highest BCUT2D eigenvalue weighted by Gasteiger charge is 2.10. The maximum atomic E-state index is 5.97. The molecule has 0 fully saturated rings. The molecule has 0 unspecified atom stereocenters. The van der Waals surface area contributed by atoms with Crippen molar-refractivity contribution in [1.29, 1.82) is 0 Å². The van der Waals surface area contributed by atoms with Crippen LogP contribution in [0.25, 0.3) is 0 Å². The Labute approximate surface area is 92.4 Å². The second-order valence-corrected chi connectivity index (χ2v) is 4.72. The fourth-order valence-corrected chi connectivity index (χ4v) is 1.57. The maximum Gasteiger partial charge on any atom is 0.0502 e. The molecule has 2 nitrogen and oxygen atoms in total. The maximum absolute atomic E-state index is 5.97. The van der Waals surface area contributed by atoms with Gasteiger partial charge in [0.15, 0.2) is 0 Å². The zero-order valence-electron chi connectivity index (χ0n) is 9.92. The predicted octanol–water partition coefficient (Wildman–Crippen LogP) is 2.16. The number of methoxy groups -OCH3 is 1. The van der Waals surface area contributed by atoms with Crippen molar-refractivity contribution in [3.05, 3.63) is 35.4 Å². The van der Waals surface area contributed by atoms with Gasteiger partial charge in [-0.2, -0.15) is 0 Å². The van der Waals surface area contributed by atoms with Gasteiger partial charge in [0.25, 0.3) is 0 Å². The molecule has 0 bridgehead atoms. The Hall–Kier alpha value is -0.860. The van der Waals surface area contributed by atoms with Gasteiger partial charge in [-0.25, -0.2) is 0 Å². The molecule has 0 radical (unpaired) electrons. The summed E-state index contributed by atoms with van der Waals surface area (Å²) in [6.07, 6.45) is 1.89. The molecule has 2 heteroatoms. The second-order valence-electron chi connectivity index (χ2n) is 4.72. The average Bonchev–Trinajstić information content (AvgIpc) is 2.14. The summed E-state index contributed by atoms with van der Waals surface area (Å²) >= 11 is 0. The monoisotopic (exact) mass is 207 g/mol. The number of benzene rings is 1. The molecule has 0 amide bonds. The van der Waals surface area contributed by atoms with E-state index in [0.29, 0.717) is 0 Å². The van der Waals surface area contributed by atoms with Crippen LogP contribution in [-0.2, 0) is 17.6 Å². The van der Waals surface area contributed by atoms with E-state index in [0.717, 1.165) is 19.4 Å². The molecule has 0 atom stereocenters. The SMILES string of the molecule is COCCc1ccc(CC(C)(C)N)cc1. The highest BCUT2D eigenvalue weighted by Crippen LogP contribution is 2.11. The molecular weight excluding hydrogens is 186 g/mol. The normalized spacial score (nSPS) is 11.7. The van der Waals surface area contributed by atoms with Crippen molar-refractivity contribution in [2.24, 2.45) is 5.73 Å². The minimum absolute atomic E-state index is 0.131. The van der Waals surface area contributed by atoms with Crippen LogP contribution in [0.5, 0.6) is 0 Å². The summed E-state index contributed by atoms with van der Waals surface area (Å²) < 4.78 is 5.04. The Morgan fingerprint density at radius 1 is 1.13 bits per heavy atom. The van der Waals surface area contributed by atoms with Gasteiger partial charge < -0.3 is 10.5 Å². The van der Waals surface area contributed by atoms with Crippen LogP contribution in [0.3, 0.4) is 0 Å². The molecule has 0 aliphatic rings. The Balaban J connectivity index is 2.56. The van der Waals surface area contributed by atoms with E-state index in [2.05, 4.69) is 24.3 Å². The lowest BCUT2D eigenvalue weighted by molar-refractivity contribution is 0.202. The van der Waals surface area contributed by atoms with Crippen molar-refractivity contribution in [3.63, 3.8) is 0 Å². The van der Waals surface area contributed by atoms with Crippen LogP contribution in [0.4, 0.5) is 0 Å². The first kappa shape index (κ1) is 12.2. The zero-order valence-corrected chi connectivity index (χ0v) is 9.92. The third kappa shape index (κ3) is 4.96. The summed E-state index contributed by atoms with van der Waals surface area (Å²) in [4.78, 5) is 0. The van der Waals surface area contributed by atoms with Crippen LogP contribution in [0.1, 0.15) is 25.0 Å². The molecule has 0 saturated heterocycles. The van der Waals surface area contributed by atoms with Gasteiger partial charge in [-0.05, 0) is 37.8 Å². The van der Waals surface area contributed by atoms with Gasteiger partial charge in [-0.3, -0.25) is 0 Å². The molecule has 1 aromatic rings. The number of hydrogen-bond donors (Lipinski definition) is 1. The molecular formula is C13H21NO. The van der Waals surface area contributed by atoms with Crippen LogP contribution in [0.15, 0.2) is 24.3 Å². The molecule has 2 N–H and O–H groups in total. The number of rotatable bonds is 5. The van der Waals surface area contributed by atoms with Crippen molar-refractivity contribution in [1.82, 2.24) is 0 Å². The van der Waals surface area contributed by atoms with E-state index in [9.17, 15) is 0 Å². The lowest BCUT2D eigenvalue weighted by atomic mass is 9.95. The molecule has 84 valence electrons. The Kier molecular flexibility index (Phi) is 4.30. The quantitative estimate of drug-likeness (QED) is 0.803. The number of ether oxygens (including phenoxy) is 1. The summed E-state index contributed by atoms with van der Waals surface area (Å²) in [7, 11) is 1.73. The highest BCUT2D eigenvalue weighted by atomic mass is 16.5. The molecule has 15 heavy (non-hydrogen) atoms. The van der Waals surface area contributed by atoms with E-state index in [1.807, 2.05) is 13.8 Å². The van der Waals surface area contributed by atoms with E-state index in [1.54, 1.807) is 7.11 Å². The molecule has 0 saturated carbocycles. The van der Waals surface area contributed by atoms with Gasteiger partial charge in [-0.15, -0.1) is 0 Å². The van der Waals surface area contributed by atoms with Crippen LogP contribution in [0, 0.1) is 0 Å². The minimum Gasteiger partial charge on any atom is -0.384 e. The van der Waals surface area contributed by atoms with Gasteiger partial charge in [-0.1, -0.05) is 24.3 Å². The molecule has 1 aromatic carbocycles. The van der Waals surface area contributed by atoms with Crippen molar-refractivity contribution >= 4 is 0 Å². The lowest BCUT2D eigenvalue weighted by Crippen LogP contribution is -2.34. The number of nitrogens with two attached hydrogens (primary N) is 1. The van der Waals surface area contributed by atoms with Gasteiger partial charge in [0.2, 0.25) is 0 Å². The van der Waals surface area contributed by atoms with E-state index >= 15 is 0 Å². The first-order chi connectivity index (χ1) is 7.01. The second kappa shape index (κ2) is 5.29. The largest absolute Gasteiger partial charge is 0.384 e. The minimum atomic E-state index is -0.131. The Morgan fingerprint density at radius 3 is 2.13 bits per heavy atom. The van der Waals surface area contributed by atoms with E-state index in [4.69, 9.17) is 10.5 Å². The molecule has 1 rings (SSSR count). The highest BCUT2D eigenvalue weighted by molar-refractivity contribution is 5.24. The summed E-state index contributed by atoms with van der Waals surface area (Å²) in [5, 5.41) is 0.